The van der Waals surface area contributed by atoms with Gasteiger partial charge in [-0.15, -0.1) is 0 Å². The largest absolute Gasteiger partial charge is 0.366 e. The number of benzene rings is 1. The molecule has 2 heteroatoms. The predicted octanol–water partition coefficient (Wildman–Crippen LogP) is 3.21. The minimum absolute atomic E-state index is 0.869. The van der Waals surface area contributed by atoms with Gasteiger partial charge in [-0.2, -0.15) is 0 Å². The molecule has 0 atom stereocenters. The predicted molar refractivity (Wildman–Crippen MR) is 61.8 cm³/mol. The van der Waals surface area contributed by atoms with Crippen LogP contribution in [0.2, 0.25) is 0 Å². The lowest BCUT2D eigenvalue weighted by molar-refractivity contribution is 0.717. The molecule has 1 aromatic carbocycles. The average molecular weight is 190 g/mol. The average Bonchev–Trinajstić information content (AvgIpc) is 2.65. The minimum atomic E-state index is 0.869. The highest BCUT2D eigenvalue weighted by molar-refractivity contribution is 5.73. The van der Waals surface area contributed by atoms with Crippen LogP contribution in [0.5, 0.6) is 0 Å². The summed E-state index contributed by atoms with van der Waals surface area (Å²) in [6, 6.07) is 6.68. The van der Waals surface area contributed by atoms with E-state index in [9.17, 15) is 0 Å². The van der Waals surface area contributed by atoms with Crippen molar-refractivity contribution in [2.45, 2.75) is 32.6 Å². The molecule has 2 N–H and O–H groups in total. The van der Waals surface area contributed by atoms with Crippen LogP contribution in [-0.2, 0) is 6.42 Å². The van der Waals surface area contributed by atoms with Crippen molar-refractivity contribution in [3.05, 3.63) is 23.8 Å². The summed E-state index contributed by atoms with van der Waals surface area (Å²) in [7, 11) is 0. The summed E-state index contributed by atoms with van der Waals surface area (Å²) in [5, 5.41) is 6.60. The van der Waals surface area contributed by atoms with Crippen LogP contribution in [0, 0.1) is 0 Å². The molecule has 0 saturated heterocycles. The molecule has 14 heavy (non-hydrogen) atoms. The molecule has 0 radical (unpaired) electrons. The van der Waals surface area contributed by atoms with Crippen LogP contribution in [0.25, 0.3) is 0 Å². The van der Waals surface area contributed by atoms with Crippen molar-refractivity contribution in [3.8, 4) is 0 Å². The maximum absolute atomic E-state index is 3.32. The van der Waals surface area contributed by atoms with Crippen molar-refractivity contribution >= 4 is 11.4 Å². The Morgan fingerprint density at radius 2 is 2.00 bits per heavy atom. The fourth-order valence-electron chi connectivity index (χ4n) is 1.86. The molecule has 1 aromatic rings. The molecule has 0 fully saturated rings. The third-order valence-electron chi connectivity index (χ3n) is 2.71. The van der Waals surface area contributed by atoms with Gasteiger partial charge in [0, 0.05) is 0 Å². The van der Waals surface area contributed by atoms with Crippen LogP contribution in [0.1, 0.15) is 31.7 Å². The van der Waals surface area contributed by atoms with E-state index in [0.29, 0.717) is 0 Å². The Morgan fingerprint density at radius 3 is 2.86 bits per heavy atom. The number of hydrogen-bond acceptors (Lipinski definition) is 2. The molecule has 76 valence electrons. The van der Waals surface area contributed by atoms with Gasteiger partial charge in [0.2, 0.25) is 0 Å². The van der Waals surface area contributed by atoms with E-state index in [1.165, 1.54) is 42.6 Å². The summed E-state index contributed by atoms with van der Waals surface area (Å²) in [6.07, 6.45) is 5.15. The molecule has 0 saturated carbocycles. The summed E-state index contributed by atoms with van der Waals surface area (Å²) >= 11 is 0. The monoisotopic (exact) mass is 190 g/mol. The van der Waals surface area contributed by atoms with Crippen LogP contribution in [0.15, 0.2) is 18.2 Å². The van der Waals surface area contributed by atoms with Crippen molar-refractivity contribution in [2.75, 3.05) is 17.3 Å². The summed E-state index contributed by atoms with van der Waals surface area (Å²) < 4.78 is 0. The number of hydrogen-bond donors (Lipinski definition) is 2. The number of aryl methyl sites for hydroxylation is 1. The van der Waals surface area contributed by atoms with Crippen LogP contribution in [0.3, 0.4) is 0 Å². The van der Waals surface area contributed by atoms with Gasteiger partial charge < -0.3 is 10.6 Å². The first-order valence-corrected chi connectivity index (χ1v) is 5.51. The molecule has 0 amide bonds. The fourth-order valence-corrected chi connectivity index (χ4v) is 1.86. The third kappa shape index (κ3) is 2.00. The fraction of sp³-hybridized carbons (Fsp3) is 0.500. The van der Waals surface area contributed by atoms with Crippen molar-refractivity contribution in [1.82, 2.24) is 0 Å². The number of anilines is 2. The van der Waals surface area contributed by atoms with E-state index in [0.717, 1.165) is 6.67 Å². The third-order valence-corrected chi connectivity index (χ3v) is 2.71. The van der Waals surface area contributed by atoms with Gasteiger partial charge in [0.05, 0.1) is 18.0 Å². The zero-order chi connectivity index (χ0) is 9.80. The molecule has 0 unspecified atom stereocenters. The number of nitrogens with one attached hydrogen (secondary N) is 2. The Hall–Kier alpha value is -1.18. The second-order valence-corrected chi connectivity index (χ2v) is 3.87. The lowest BCUT2D eigenvalue weighted by Gasteiger charge is -2.03. The molecule has 0 aromatic heterocycles. The van der Waals surface area contributed by atoms with Crippen LogP contribution >= 0.6 is 0 Å². The first kappa shape index (κ1) is 9.38. The van der Waals surface area contributed by atoms with Crippen LogP contribution < -0.4 is 10.6 Å². The number of fused-ring (bicyclic) bond motifs is 1. The molecule has 0 aliphatic carbocycles. The lowest BCUT2D eigenvalue weighted by Crippen LogP contribution is -1.98. The zero-order valence-electron chi connectivity index (χ0n) is 8.77. The normalized spacial score (nSPS) is 13.2. The van der Waals surface area contributed by atoms with Crippen molar-refractivity contribution in [1.29, 1.82) is 0 Å². The Labute approximate surface area is 85.7 Å². The van der Waals surface area contributed by atoms with Gasteiger partial charge in [-0.3, -0.25) is 0 Å². The molecular weight excluding hydrogens is 172 g/mol. The topological polar surface area (TPSA) is 24.1 Å². The smallest absolute Gasteiger partial charge is 0.0850 e. The van der Waals surface area contributed by atoms with E-state index in [1.54, 1.807) is 0 Å². The van der Waals surface area contributed by atoms with E-state index >= 15 is 0 Å². The molecule has 1 aliphatic rings. The van der Waals surface area contributed by atoms with Crippen molar-refractivity contribution in [3.63, 3.8) is 0 Å². The van der Waals surface area contributed by atoms with Crippen molar-refractivity contribution in [2.24, 2.45) is 0 Å². The van der Waals surface area contributed by atoms with Crippen LogP contribution in [-0.4, -0.2) is 6.67 Å². The van der Waals surface area contributed by atoms with Gasteiger partial charge in [0.15, 0.2) is 0 Å². The van der Waals surface area contributed by atoms with Crippen molar-refractivity contribution < 1.29 is 0 Å². The lowest BCUT2D eigenvalue weighted by atomic mass is 10.1. The number of rotatable bonds is 4. The zero-order valence-corrected chi connectivity index (χ0v) is 8.77. The highest BCUT2D eigenvalue weighted by atomic mass is 15.1. The molecular formula is C12H18N2. The Morgan fingerprint density at radius 1 is 1.14 bits per heavy atom. The number of unbranched alkanes of at least 4 members (excludes halogenated alkanes) is 2. The summed E-state index contributed by atoms with van der Waals surface area (Å²) in [4.78, 5) is 0. The van der Waals surface area contributed by atoms with Gasteiger partial charge in [0.25, 0.3) is 0 Å². The summed E-state index contributed by atoms with van der Waals surface area (Å²) in [6.45, 7) is 3.11. The highest BCUT2D eigenvalue weighted by Gasteiger charge is 2.08. The maximum Gasteiger partial charge on any atom is 0.0850 e. The highest BCUT2D eigenvalue weighted by Crippen LogP contribution is 2.27. The van der Waals surface area contributed by atoms with E-state index in [2.05, 4.69) is 35.8 Å². The first-order chi connectivity index (χ1) is 6.90. The molecule has 1 heterocycles. The minimum Gasteiger partial charge on any atom is -0.366 e. The Bertz CT molecular complexity index is 307. The second kappa shape index (κ2) is 4.36. The molecule has 0 spiro atoms. The standard InChI is InChI=1S/C12H18N2/c1-2-3-4-5-10-6-7-11-12(8-10)14-9-13-11/h6-8,13-14H,2-5,9H2,1H3. The Kier molecular flexibility index (Phi) is 2.92. The van der Waals surface area contributed by atoms with E-state index in [1.807, 2.05) is 0 Å². The maximum atomic E-state index is 3.32. The first-order valence-electron chi connectivity index (χ1n) is 5.51. The molecule has 0 bridgehead atoms. The van der Waals surface area contributed by atoms with Crippen LogP contribution in [0.4, 0.5) is 11.4 Å². The summed E-state index contributed by atoms with van der Waals surface area (Å²) in [5.41, 5.74) is 3.96. The van der Waals surface area contributed by atoms with Gasteiger partial charge in [-0.05, 0) is 30.5 Å². The van der Waals surface area contributed by atoms with Gasteiger partial charge in [-0.1, -0.05) is 25.8 Å². The molecule has 1 aliphatic heterocycles. The van der Waals surface area contributed by atoms with E-state index in [-0.39, 0.29) is 0 Å². The van der Waals surface area contributed by atoms with Gasteiger partial charge >= 0.3 is 0 Å². The van der Waals surface area contributed by atoms with E-state index < -0.39 is 0 Å². The van der Waals surface area contributed by atoms with E-state index in [4.69, 9.17) is 0 Å². The Balaban J connectivity index is 1.98. The summed E-state index contributed by atoms with van der Waals surface area (Å²) in [5.74, 6) is 0. The quantitative estimate of drug-likeness (QED) is 0.712. The van der Waals surface area contributed by atoms with Gasteiger partial charge in [-0.25, -0.2) is 0 Å². The molecule has 2 nitrogen and oxygen atoms in total. The molecule has 2 rings (SSSR count). The SMILES string of the molecule is CCCCCc1ccc2c(c1)NCN2. The second-order valence-electron chi connectivity index (χ2n) is 3.87. The van der Waals surface area contributed by atoms with Gasteiger partial charge in [0.1, 0.15) is 0 Å².